The van der Waals surface area contributed by atoms with Crippen LogP contribution in [0.1, 0.15) is 20.3 Å². The van der Waals surface area contributed by atoms with Crippen molar-refractivity contribution in [2.24, 2.45) is 11.7 Å². The second-order valence-electron chi connectivity index (χ2n) is 4.77. The number of hydrogen-bond acceptors (Lipinski definition) is 4. The summed E-state index contributed by atoms with van der Waals surface area (Å²) in [6.07, 6.45) is 0.870. The minimum atomic E-state index is -0.502. The molecule has 0 heterocycles. The van der Waals surface area contributed by atoms with Crippen molar-refractivity contribution in [2.45, 2.75) is 26.3 Å². The number of rotatable bonds is 8. The smallest absolute Gasteiger partial charge is 0.241 e. The molecule has 0 aliphatic rings. The van der Waals surface area contributed by atoms with Crippen LogP contribution in [0.4, 0.5) is 5.69 Å². The average Bonchev–Trinajstić information content (AvgIpc) is 2.46. The van der Waals surface area contributed by atoms with Crippen LogP contribution in [0.3, 0.4) is 0 Å². The molecule has 1 aromatic carbocycles. The molecule has 20 heavy (non-hydrogen) atoms. The highest BCUT2D eigenvalue weighted by Gasteiger charge is 2.19. The SMILES string of the molecule is CC[C@H](C)[C@H](N)C(=O)Nc1cccc(OCCOC)c1. The number of carbonyl (C=O) groups excluding carboxylic acids is 1. The first kappa shape index (κ1) is 16.5. The van der Waals surface area contributed by atoms with E-state index >= 15 is 0 Å². The van der Waals surface area contributed by atoms with E-state index in [-0.39, 0.29) is 11.8 Å². The standard InChI is InChI=1S/C15H24N2O3/c1-4-11(2)14(16)15(18)17-12-6-5-7-13(10-12)20-9-8-19-3/h5-7,10-11,14H,4,8-9,16H2,1-3H3,(H,17,18)/t11-,14-/m0/s1. The Morgan fingerprint density at radius 1 is 1.40 bits per heavy atom. The van der Waals surface area contributed by atoms with Gasteiger partial charge in [-0.15, -0.1) is 0 Å². The Hall–Kier alpha value is -1.59. The highest BCUT2D eigenvalue weighted by atomic mass is 16.5. The van der Waals surface area contributed by atoms with E-state index in [1.54, 1.807) is 13.2 Å². The quantitative estimate of drug-likeness (QED) is 0.715. The zero-order valence-electron chi connectivity index (χ0n) is 12.4. The van der Waals surface area contributed by atoms with Crippen molar-refractivity contribution in [1.82, 2.24) is 0 Å². The third-order valence-electron chi connectivity index (χ3n) is 3.22. The molecule has 0 saturated carbocycles. The average molecular weight is 280 g/mol. The fraction of sp³-hybridized carbons (Fsp3) is 0.533. The largest absolute Gasteiger partial charge is 0.491 e. The Balaban J connectivity index is 2.59. The lowest BCUT2D eigenvalue weighted by Crippen LogP contribution is -2.40. The summed E-state index contributed by atoms with van der Waals surface area (Å²) >= 11 is 0. The van der Waals surface area contributed by atoms with E-state index < -0.39 is 6.04 Å². The molecule has 0 fully saturated rings. The maximum atomic E-state index is 12.0. The third kappa shape index (κ3) is 5.19. The summed E-state index contributed by atoms with van der Waals surface area (Å²) in [5, 5.41) is 2.81. The zero-order chi connectivity index (χ0) is 15.0. The van der Waals surface area contributed by atoms with Crippen LogP contribution in [0.2, 0.25) is 0 Å². The first-order chi connectivity index (χ1) is 9.58. The molecule has 0 bridgehead atoms. The summed E-state index contributed by atoms with van der Waals surface area (Å²) in [5.41, 5.74) is 6.58. The molecular weight excluding hydrogens is 256 g/mol. The molecule has 0 unspecified atom stereocenters. The van der Waals surface area contributed by atoms with Gasteiger partial charge in [0.25, 0.3) is 0 Å². The van der Waals surface area contributed by atoms with Crippen LogP contribution in [-0.2, 0) is 9.53 Å². The van der Waals surface area contributed by atoms with E-state index in [0.29, 0.717) is 24.7 Å². The molecule has 0 aliphatic carbocycles. The van der Waals surface area contributed by atoms with Gasteiger partial charge in [-0.3, -0.25) is 4.79 Å². The van der Waals surface area contributed by atoms with E-state index in [1.165, 1.54) is 0 Å². The van der Waals surface area contributed by atoms with Crippen molar-refractivity contribution in [3.8, 4) is 5.75 Å². The van der Waals surface area contributed by atoms with Gasteiger partial charge in [0.15, 0.2) is 0 Å². The van der Waals surface area contributed by atoms with E-state index in [0.717, 1.165) is 6.42 Å². The van der Waals surface area contributed by atoms with Crippen LogP contribution >= 0.6 is 0 Å². The lowest BCUT2D eigenvalue weighted by molar-refractivity contribution is -0.118. The van der Waals surface area contributed by atoms with Crippen molar-refractivity contribution in [3.05, 3.63) is 24.3 Å². The number of methoxy groups -OCH3 is 1. The predicted molar refractivity (Wildman–Crippen MR) is 79.9 cm³/mol. The molecule has 0 saturated heterocycles. The molecule has 5 heteroatoms. The number of carbonyl (C=O) groups is 1. The van der Waals surface area contributed by atoms with Crippen molar-refractivity contribution in [1.29, 1.82) is 0 Å². The van der Waals surface area contributed by atoms with E-state index in [4.69, 9.17) is 15.2 Å². The highest BCUT2D eigenvalue weighted by Crippen LogP contribution is 2.18. The number of ether oxygens (including phenoxy) is 2. The molecule has 1 rings (SSSR count). The molecule has 3 N–H and O–H groups in total. The maximum absolute atomic E-state index is 12.0. The van der Waals surface area contributed by atoms with Crippen LogP contribution in [0, 0.1) is 5.92 Å². The lowest BCUT2D eigenvalue weighted by atomic mass is 9.99. The summed E-state index contributed by atoms with van der Waals surface area (Å²) in [7, 11) is 1.62. The number of benzene rings is 1. The fourth-order valence-electron chi connectivity index (χ4n) is 1.64. The second kappa shape index (κ2) is 8.55. The Bertz CT molecular complexity index is 423. The Morgan fingerprint density at radius 3 is 2.80 bits per heavy atom. The van der Waals surface area contributed by atoms with Crippen LogP contribution < -0.4 is 15.8 Å². The van der Waals surface area contributed by atoms with Gasteiger partial charge in [-0.2, -0.15) is 0 Å². The molecule has 0 aromatic heterocycles. The minimum Gasteiger partial charge on any atom is -0.491 e. The third-order valence-corrected chi connectivity index (χ3v) is 3.22. The van der Waals surface area contributed by atoms with Gasteiger partial charge in [-0.1, -0.05) is 26.3 Å². The van der Waals surface area contributed by atoms with Gasteiger partial charge in [-0.05, 0) is 18.1 Å². The first-order valence-corrected chi connectivity index (χ1v) is 6.86. The Labute approximate surface area is 120 Å². The van der Waals surface area contributed by atoms with Gasteiger partial charge in [0.05, 0.1) is 12.6 Å². The highest BCUT2D eigenvalue weighted by molar-refractivity contribution is 5.95. The normalized spacial score (nSPS) is 13.6. The molecule has 1 aromatic rings. The molecule has 112 valence electrons. The Morgan fingerprint density at radius 2 is 2.15 bits per heavy atom. The minimum absolute atomic E-state index is 0.149. The molecule has 2 atom stereocenters. The second-order valence-corrected chi connectivity index (χ2v) is 4.77. The molecule has 0 spiro atoms. The van der Waals surface area contributed by atoms with Crippen molar-refractivity contribution in [2.75, 3.05) is 25.6 Å². The van der Waals surface area contributed by atoms with Gasteiger partial charge < -0.3 is 20.5 Å². The van der Waals surface area contributed by atoms with Crippen molar-refractivity contribution < 1.29 is 14.3 Å². The topological polar surface area (TPSA) is 73.6 Å². The van der Waals surface area contributed by atoms with Gasteiger partial charge in [-0.25, -0.2) is 0 Å². The van der Waals surface area contributed by atoms with Gasteiger partial charge in [0.2, 0.25) is 5.91 Å². The van der Waals surface area contributed by atoms with Gasteiger partial charge in [0.1, 0.15) is 12.4 Å². The van der Waals surface area contributed by atoms with Crippen LogP contribution in [-0.4, -0.2) is 32.3 Å². The van der Waals surface area contributed by atoms with E-state index in [1.807, 2.05) is 32.0 Å². The number of anilines is 1. The molecule has 1 amide bonds. The Kier molecular flexibility index (Phi) is 7.04. The number of hydrogen-bond donors (Lipinski definition) is 2. The van der Waals surface area contributed by atoms with Gasteiger partial charge >= 0.3 is 0 Å². The molecule has 0 radical (unpaired) electrons. The number of amides is 1. The van der Waals surface area contributed by atoms with Crippen LogP contribution in [0.15, 0.2) is 24.3 Å². The number of nitrogens with two attached hydrogens (primary N) is 1. The molecule has 5 nitrogen and oxygen atoms in total. The van der Waals surface area contributed by atoms with Gasteiger partial charge in [0, 0.05) is 18.9 Å². The lowest BCUT2D eigenvalue weighted by Gasteiger charge is -2.18. The summed E-state index contributed by atoms with van der Waals surface area (Å²) in [5.74, 6) is 0.668. The van der Waals surface area contributed by atoms with E-state index in [2.05, 4.69) is 5.32 Å². The summed E-state index contributed by atoms with van der Waals surface area (Å²) in [6, 6.07) is 6.74. The number of nitrogens with one attached hydrogen (secondary N) is 1. The monoisotopic (exact) mass is 280 g/mol. The molecular formula is C15H24N2O3. The van der Waals surface area contributed by atoms with E-state index in [9.17, 15) is 4.79 Å². The first-order valence-electron chi connectivity index (χ1n) is 6.86. The van der Waals surface area contributed by atoms with Crippen molar-refractivity contribution in [3.63, 3.8) is 0 Å². The summed E-state index contributed by atoms with van der Waals surface area (Å²) < 4.78 is 10.4. The predicted octanol–water partition coefficient (Wildman–Crippen LogP) is 2.02. The zero-order valence-corrected chi connectivity index (χ0v) is 12.4. The summed E-state index contributed by atoms with van der Waals surface area (Å²) in [4.78, 5) is 12.0. The summed E-state index contributed by atoms with van der Waals surface area (Å²) in [6.45, 7) is 4.98. The van der Waals surface area contributed by atoms with Crippen LogP contribution in [0.25, 0.3) is 0 Å². The fourth-order valence-corrected chi connectivity index (χ4v) is 1.64. The van der Waals surface area contributed by atoms with Crippen molar-refractivity contribution >= 4 is 11.6 Å². The molecule has 0 aliphatic heterocycles. The maximum Gasteiger partial charge on any atom is 0.241 e. The van der Waals surface area contributed by atoms with Crippen LogP contribution in [0.5, 0.6) is 5.75 Å².